The first kappa shape index (κ1) is 12.9. The van der Waals surface area contributed by atoms with Crippen molar-refractivity contribution in [3.63, 3.8) is 0 Å². The fourth-order valence-corrected chi connectivity index (χ4v) is 2.55. The molecule has 0 aliphatic carbocycles. The zero-order valence-electron chi connectivity index (χ0n) is 11.5. The lowest BCUT2D eigenvalue weighted by atomic mass is 10.0. The van der Waals surface area contributed by atoms with E-state index in [0.717, 1.165) is 19.5 Å². The minimum Gasteiger partial charge on any atom is -0.323 e. The van der Waals surface area contributed by atoms with Gasteiger partial charge in [-0.15, -0.1) is 0 Å². The van der Waals surface area contributed by atoms with Crippen molar-refractivity contribution in [3.05, 3.63) is 35.4 Å². The van der Waals surface area contributed by atoms with Crippen molar-refractivity contribution in [2.24, 2.45) is 0 Å². The van der Waals surface area contributed by atoms with Crippen LogP contribution < -0.4 is 0 Å². The van der Waals surface area contributed by atoms with Crippen molar-refractivity contribution in [1.29, 1.82) is 0 Å². The molecule has 1 saturated heterocycles. The zero-order chi connectivity index (χ0) is 13.1. The molecule has 1 aliphatic heterocycles. The van der Waals surface area contributed by atoms with E-state index in [0.29, 0.717) is 0 Å². The van der Waals surface area contributed by atoms with Crippen molar-refractivity contribution in [2.75, 3.05) is 20.1 Å². The zero-order valence-corrected chi connectivity index (χ0v) is 11.5. The molecule has 98 valence electrons. The average molecular weight is 246 g/mol. The van der Waals surface area contributed by atoms with Gasteiger partial charge >= 0.3 is 6.03 Å². The molecule has 0 bridgehead atoms. The SMILES string of the molecule is CCCc1ccc(C2CN(CC)C(=O)N2C)cc1. The Morgan fingerprint density at radius 2 is 1.89 bits per heavy atom. The number of hydrogen-bond donors (Lipinski definition) is 0. The van der Waals surface area contributed by atoms with Crippen LogP contribution in [0.15, 0.2) is 24.3 Å². The molecule has 2 rings (SSSR count). The van der Waals surface area contributed by atoms with Gasteiger partial charge in [0.2, 0.25) is 0 Å². The normalized spacial score (nSPS) is 19.7. The summed E-state index contributed by atoms with van der Waals surface area (Å²) in [5.41, 5.74) is 2.61. The quantitative estimate of drug-likeness (QED) is 0.801. The van der Waals surface area contributed by atoms with E-state index in [1.54, 1.807) is 0 Å². The largest absolute Gasteiger partial charge is 0.323 e. The number of carbonyl (C=O) groups excluding carboxylic acids is 1. The van der Waals surface area contributed by atoms with Gasteiger partial charge in [-0.1, -0.05) is 37.6 Å². The summed E-state index contributed by atoms with van der Waals surface area (Å²) in [6, 6.07) is 9.04. The number of amides is 2. The molecule has 0 N–H and O–H groups in total. The predicted molar refractivity (Wildman–Crippen MR) is 73.6 cm³/mol. The van der Waals surface area contributed by atoms with Gasteiger partial charge in [0.15, 0.2) is 0 Å². The van der Waals surface area contributed by atoms with Crippen LogP contribution in [0, 0.1) is 0 Å². The molecule has 0 aromatic heterocycles. The van der Waals surface area contributed by atoms with Crippen molar-refractivity contribution in [3.8, 4) is 0 Å². The lowest BCUT2D eigenvalue weighted by molar-refractivity contribution is 0.197. The third-order valence-electron chi connectivity index (χ3n) is 3.72. The molecule has 1 aliphatic rings. The van der Waals surface area contributed by atoms with Gasteiger partial charge in [-0.05, 0) is 24.5 Å². The Hall–Kier alpha value is -1.51. The van der Waals surface area contributed by atoms with E-state index in [9.17, 15) is 4.79 Å². The van der Waals surface area contributed by atoms with Crippen LogP contribution in [0.25, 0.3) is 0 Å². The number of carbonyl (C=O) groups is 1. The Kier molecular flexibility index (Phi) is 3.90. The summed E-state index contributed by atoms with van der Waals surface area (Å²) in [4.78, 5) is 15.7. The first-order valence-electron chi connectivity index (χ1n) is 6.78. The van der Waals surface area contributed by atoms with Crippen LogP contribution in [-0.2, 0) is 6.42 Å². The maximum Gasteiger partial charge on any atom is 0.320 e. The van der Waals surface area contributed by atoms with Crippen molar-refractivity contribution >= 4 is 6.03 Å². The highest BCUT2D eigenvalue weighted by Crippen LogP contribution is 2.28. The van der Waals surface area contributed by atoms with Crippen LogP contribution in [0.4, 0.5) is 4.79 Å². The van der Waals surface area contributed by atoms with Gasteiger partial charge in [-0.3, -0.25) is 0 Å². The molecule has 2 amide bonds. The summed E-state index contributed by atoms with van der Waals surface area (Å²) < 4.78 is 0. The highest BCUT2D eigenvalue weighted by molar-refractivity contribution is 5.77. The van der Waals surface area contributed by atoms with E-state index in [1.165, 1.54) is 17.5 Å². The molecule has 0 saturated carbocycles. The molecule has 1 atom stereocenters. The molecule has 1 aromatic rings. The molecule has 0 radical (unpaired) electrons. The third kappa shape index (κ3) is 2.35. The van der Waals surface area contributed by atoms with Gasteiger partial charge in [-0.2, -0.15) is 0 Å². The molecular weight excluding hydrogens is 224 g/mol. The lowest BCUT2D eigenvalue weighted by Gasteiger charge is -2.18. The summed E-state index contributed by atoms with van der Waals surface area (Å²) in [7, 11) is 1.89. The van der Waals surface area contributed by atoms with Gasteiger partial charge in [0, 0.05) is 20.1 Å². The van der Waals surface area contributed by atoms with Gasteiger partial charge in [-0.25, -0.2) is 4.79 Å². The highest BCUT2D eigenvalue weighted by Gasteiger charge is 2.34. The van der Waals surface area contributed by atoms with Gasteiger partial charge in [0.25, 0.3) is 0 Å². The third-order valence-corrected chi connectivity index (χ3v) is 3.72. The number of hydrogen-bond acceptors (Lipinski definition) is 1. The summed E-state index contributed by atoms with van der Waals surface area (Å²) in [6.45, 7) is 5.81. The van der Waals surface area contributed by atoms with Crippen LogP contribution in [0.5, 0.6) is 0 Å². The molecule has 1 heterocycles. The maximum absolute atomic E-state index is 11.9. The molecule has 1 aromatic carbocycles. The number of aryl methyl sites for hydroxylation is 1. The van der Waals surface area contributed by atoms with Gasteiger partial charge in [0.1, 0.15) is 0 Å². The Morgan fingerprint density at radius 1 is 1.22 bits per heavy atom. The van der Waals surface area contributed by atoms with E-state index in [2.05, 4.69) is 31.2 Å². The van der Waals surface area contributed by atoms with E-state index < -0.39 is 0 Å². The minimum atomic E-state index is 0.139. The topological polar surface area (TPSA) is 23.6 Å². The minimum absolute atomic E-state index is 0.139. The first-order valence-corrected chi connectivity index (χ1v) is 6.78. The monoisotopic (exact) mass is 246 g/mol. The summed E-state index contributed by atoms with van der Waals surface area (Å²) in [6.07, 6.45) is 2.30. The molecule has 0 spiro atoms. The van der Waals surface area contributed by atoms with Gasteiger partial charge in [0.05, 0.1) is 6.04 Å². The number of rotatable bonds is 4. The fraction of sp³-hybridized carbons (Fsp3) is 0.533. The second kappa shape index (κ2) is 5.42. The standard InChI is InChI=1S/C15H22N2O/c1-4-6-12-7-9-13(10-8-12)14-11-17(5-2)15(18)16(14)3/h7-10,14H,4-6,11H2,1-3H3. The van der Waals surface area contributed by atoms with E-state index in [1.807, 2.05) is 23.8 Å². The van der Waals surface area contributed by atoms with E-state index in [4.69, 9.17) is 0 Å². The summed E-state index contributed by atoms with van der Waals surface area (Å²) in [5.74, 6) is 0. The van der Waals surface area contributed by atoms with Crippen molar-refractivity contribution in [1.82, 2.24) is 9.80 Å². The average Bonchev–Trinajstić information content (AvgIpc) is 2.68. The van der Waals surface area contributed by atoms with E-state index in [-0.39, 0.29) is 12.1 Å². The molecule has 3 nitrogen and oxygen atoms in total. The Labute approximate surface area is 109 Å². The number of nitrogens with zero attached hydrogens (tertiary/aromatic N) is 2. The van der Waals surface area contributed by atoms with Crippen LogP contribution in [0.3, 0.4) is 0 Å². The fourth-order valence-electron chi connectivity index (χ4n) is 2.55. The summed E-state index contributed by atoms with van der Waals surface area (Å²) >= 11 is 0. The Morgan fingerprint density at radius 3 is 2.39 bits per heavy atom. The highest BCUT2D eigenvalue weighted by atomic mass is 16.2. The lowest BCUT2D eigenvalue weighted by Crippen LogP contribution is -2.29. The molecule has 3 heteroatoms. The van der Waals surface area contributed by atoms with Gasteiger partial charge < -0.3 is 9.80 Å². The van der Waals surface area contributed by atoms with Crippen LogP contribution in [-0.4, -0.2) is 36.0 Å². The van der Waals surface area contributed by atoms with Crippen molar-refractivity contribution in [2.45, 2.75) is 32.7 Å². The molecule has 1 unspecified atom stereocenters. The number of likely N-dealkylation sites (N-methyl/N-ethyl adjacent to an activating group) is 2. The summed E-state index contributed by atoms with van der Waals surface area (Å²) in [5, 5.41) is 0. The van der Waals surface area contributed by atoms with Crippen LogP contribution in [0.2, 0.25) is 0 Å². The van der Waals surface area contributed by atoms with Crippen LogP contribution >= 0.6 is 0 Å². The van der Waals surface area contributed by atoms with Crippen LogP contribution in [0.1, 0.15) is 37.4 Å². The predicted octanol–water partition coefficient (Wildman–Crippen LogP) is 3.07. The molecular formula is C15H22N2O. The smallest absolute Gasteiger partial charge is 0.320 e. The maximum atomic E-state index is 11.9. The second-order valence-electron chi connectivity index (χ2n) is 4.94. The Balaban J connectivity index is 2.14. The second-order valence-corrected chi connectivity index (χ2v) is 4.94. The Bertz CT molecular complexity index is 413. The van der Waals surface area contributed by atoms with E-state index >= 15 is 0 Å². The number of benzene rings is 1. The molecule has 1 fully saturated rings. The number of urea groups is 1. The first-order chi connectivity index (χ1) is 8.67. The molecule has 18 heavy (non-hydrogen) atoms. The van der Waals surface area contributed by atoms with Crippen molar-refractivity contribution < 1.29 is 4.79 Å².